The zero-order valence-electron chi connectivity index (χ0n) is 12.3. The number of allylic oxidation sites excluding steroid dienone is 4. The molecule has 1 heterocycles. The first-order valence-corrected chi connectivity index (χ1v) is 9.07. The third-order valence-electron chi connectivity index (χ3n) is 3.95. The van der Waals surface area contributed by atoms with Crippen LogP contribution in [0.2, 0.25) is 18.1 Å². The van der Waals surface area contributed by atoms with Gasteiger partial charge in [-0.2, -0.15) is 29.5 Å². The van der Waals surface area contributed by atoms with Crippen LogP contribution in [-0.4, -0.2) is 13.8 Å². The number of H-pyrrole nitrogens is 1. The first kappa shape index (κ1) is 17.9. The Morgan fingerprint density at radius 2 is 1.83 bits per heavy atom. The van der Waals surface area contributed by atoms with Crippen LogP contribution in [0, 0.1) is 12.3 Å². The summed E-state index contributed by atoms with van der Waals surface area (Å²) < 4.78 is 0. The Labute approximate surface area is 133 Å². The Bertz CT molecular complexity index is 400. The molecule has 0 aliphatic heterocycles. The Morgan fingerprint density at radius 3 is 2.00 bits per heavy atom. The minimum atomic E-state index is -0.663. The van der Waals surface area contributed by atoms with Gasteiger partial charge >= 0.3 is 26.2 Å². The number of aromatic amines is 1. The first-order valence-electron chi connectivity index (χ1n) is 6.19. The van der Waals surface area contributed by atoms with E-state index in [4.69, 9.17) is 0 Å². The summed E-state index contributed by atoms with van der Waals surface area (Å²) in [5, 5.41) is 0.328. The van der Waals surface area contributed by atoms with Crippen LogP contribution >= 0.6 is 0 Å². The summed E-state index contributed by atoms with van der Waals surface area (Å²) in [4.78, 5) is 2.74. The van der Waals surface area contributed by atoms with Gasteiger partial charge in [0.25, 0.3) is 0 Å². The van der Waals surface area contributed by atoms with Crippen molar-refractivity contribution in [1.82, 2.24) is 4.98 Å². The molecule has 1 aliphatic rings. The van der Waals surface area contributed by atoms with Crippen molar-refractivity contribution < 1.29 is 26.2 Å². The molecule has 0 saturated heterocycles. The van der Waals surface area contributed by atoms with Crippen LogP contribution in [-0.2, 0) is 26.2 Å². The monoisotopic (exact) mass is 335 g/mol. The van der Waals surface area contributed by atoms with Crippen molar-refractivity contribution in [3.63, 3.8) is 0 Å². The SMILES string of the molecule is CC1=[C-]C(C)([SiH](C)C)C(C)=C1C.[Zr+2].[c-]1ccc[nH]1. The first-order chi connectivity index (χ1) is 7.89. The molecular weight excluding hydrogens is 313 g/mol. The van der Waals surface area contributed by atoms with E-state index in [0.29, 0.717) is 5.04 Å². The van der Waals surface area contributed by atoms with Crippen LogP contribution in [0.5, 0.6) is 0 Å². The van der Waals surface area contributed by atoms with E-state index < -0.39 is 8.80 Å². The Kier molecular flexibility index (Phi) is 7.39. The van der Waals surface area contributed by atoms with Gasteiger partial charge < -0.3 is 4.98 Å². The molecule has 0 radical (unpaired) electrons. The second-order valence-electron chi connectivity index (χ2n) is 5.17. The molecular formula is C15H23NSiZr. The van der Waals surface area contributed by atoms with Gasteiger partial charge in [0.1, 0.15) is 0 Å². The molecule has 1 N–H and O–H groups in total. The van der Waals surface area contributed by atoms with E-state index >= 15 is 0 Å². The molecule has 18 heavy (non-hydrogen) atoms. The van der Waals surface area contributed by atoms with E-state index in [0.717, 1.165) is 0 Å². The minimum absolute atomic E-state index is 0. The van der Waals surface area contributed by atoms with E-state index in [1.165, 1.54) is 11.1 Å². The van der Waals surface area contributed by atoms with Crippen LogP contribution < -0.4 is 0 Å². The van der Waals surface area contributed by atoms with Crippen molar-refractivity contribution in [2.24, 2.45) is 0 Å². The second-order valence-corrected chi connectivity index (χ2v) is 8.64. The summed E-state index contributed by atoms with van der Waals surface area (Å²) in [5.74, 6) is 0. The van der Waals surface area contributed by atoms with Gasteiger partial charge in [0.05, 0.1) is 0 Å². The standard InChI is InChI=1S/C11H19Si.C4H4N.Zr/c1-8-7-11(4,12(5)6)10(3)9(8)2;1-2-4-5-3-1;/h12H,1-6H3;1-3,5H;/q2*-1;+2. The van der Waals surface area contributed by atoms with Crippen molar-refractivity contribution in [3.8, 4) is 0 Å². The normalized spacial score (nSPS) is 22.3. The molecule has 0 aromatic carbocycles. The largest absolute Gasteiger partial charge is 2.00 e. The van der Waals surface area contributed by atoms with E-state index in [1.807, 2.05) is 18.3 Å². The third-order valence-corrected chi connectivity index (χ3v) is 6.84. The van der Waals surface area contributed by atoms with Crippen molar-refractivity contribution in [3.05, 3.63) is 47.3 Å². The molecule has 0 amide bonds. The molecule has 0 spiro atoms. The molecule has 0 saturated carbocycles. The second kappa shape index (κ2) is 7.45. The summed E-state index contributed by atoms with van der Waals surface area (Å²) in [6.45, 7) is 13.8. The van der Waals surface area contributed by atoms with Gasteiger partial charge in [-0.05, 0) is 0 Å². The number of hydrogen-bond acceptors (Lipinski definition) is 0. The van der Waals surface area contributed by atoms with Gasteiger partial charge in [-0.1, -0.05) is 38.9 Å². The molecule has 1 atom stereocenters. The number of aromatic nitrogens is 1. The number of nitrogens with one attached hydrogen (secondary N) is 1. The van der Waals surface area contributed by atoms with E-state index in [9.17, 15) is 0 Å². The number of hydrogen-bond donors (Lipinski definition) is 1. The quantitative estimate of drug-likeness (QED) is 0.586. The topological polar surface area (TPSA) is 15.8 Å². The van der Waals surface area contributed by atoms with Crippen LogP contribution in [0.15, 0.2) is 35.0 Å². The van der Waals surface area contributed by atoms with Gasteiger partial charge in [-0.3, -0.25) is 6.08 Å². The molecule has 96 valence electrons. The Hall–Kier alpha value is -0.140. The molecule has 0 fully saturated rings. The van der Waals surface area contributed by atoms with Crippen molar-refractivity contribution >= 4 is 8.80 Å². The molecule has 1 nitrogen and oxygen atoms in total. The fraction of sp³-hybridized carbons (Fsp3) is 0.467. The van der Waals surface area contributed by atoms with Crippen LogP contribution in [0.3, 0.4) is 0 Å². The maximum atomic E-state index is 3.63. The molecule has 1 aromatic rings. The van der Waals surface area contributed by atoms with E-state index in [1.54, 1.807) is 5.57 Å². The smallest absolute Gasteiger partial charge is 0.484 e. The van der Waals surface area contributed by atoms with Gasteiger partial charge in [0.15, 0.2) is 0 Å². The zero-order valence-corrected chi connectivity index (χ0v) is 15.9. The van der Waals surface area contributed by atoms with Gasteiger partial charge in [-0.15, -0.1) is 13.1 Å². The predicted octanol–water partition coefficient (Wildman–Crippen LogP) is 4.15. The molecule has 2 rings (SSSR count). The number of rotatable bonds is 1. The fourth-order valence-corrected chi connectivity index (χ4v) is 3.65. The van der Waals surface area contributed by atoms with E-state index in [-0.39, 0.29) is 26.2 Å². The third kappa shape index (κ3) is 3.93. The van der Waals surface area contributed by atoms with Crippen molar-refractivity contribution in [2.75, 3.05) is 0 Å². The Morgan fingerprint density at radius 1 is 1.22 bits per heavy atom. The average Bonchev–Trinajstić information content (AvgIpc) is 2.89. The van der Waals surface area contributed by atoms with Gasteiger partial charge in [0.2, 0.25) is 0 Å². The van der Waals surface area contributed by atoms with Crippen LogP contribution in [0.25, 0.3) is 0 Å². The summed E-state index contributed by atoms with van der Waals surface area (Å²) >= 11 is 0. The van der Waals surface area contributed by atoms with E-state index in [2.05, 4.69) is 58.0 Å². The summed E-state index contributed by atoms with van der Waals surface area (Å²) in [5.41, 5.74) is 4.40. The summed E-state index contributed by atoms with van der Waals surface area (Å²) in [6.07, 6.45) is 8.19. The van der Waals surface area contributed by atoms with Gasteiger partial charge in [0, 0.05) is 8.80 Å². The fourth-order valence-electron chi connectivity index (χ4n) is 2.07. The van der Waals surface area contributed by atoms with Crippen LogP contribution in [0.4, 0.5) is 0 Å². The zero-order chi connectivity index (χ0) is 13.1. The summed E-state index contributed by atoms with van der Waals surface area (Å²) in [6, 6.07) is 3.71. The minimum Gasteiger partial charge on any atom is -0.484 e. The van der Waals surface area contributed by atoms with Crippen molar-refractivity contribution in [2.45, 2.75) is 45.8 Å². The molecule has 1 aliphatic carbocycles. The van der Waals surface area contributed by atoms with Crippen LogP contribution in [0.1, 0.15) is 27.7 Å². The molecule has 0 bridgehead atoms. The Balaban J connectivity index is 0.000000405. The predicted molar refractivity (Wildman–Crippen MR) is 77.7 cm³/mol. The maximum Gasteiger partial charge on any atom is 2.00 e. The molecule has 1 unspecified atom stereocenters. The average molecular weight is 337 g/mol. The molecule has 3 heteroatoms. The summed E-state index contributed by atoms with van der Waals surface area (Å²) in [7, 11) is -0.663. The van der Waals surface area contributed by atoms with Crippen molar-refractivity contribution in [1.29, 1.82) is 0 Å². The molecule has 1 aromatic heterocycles. The maximum absolute atomic E-state index is 3.63. The van der Waals surface area contributed by atoms with Gasteiger partial charge in [-0.25, -0.2) is 5.57 Å².